The molecule has 0 saturated carbocycles. The average molecular weight is 426 g/mol. The number of methoxy groups -OCH3 is 1. The summed E-state index contributed by atoms with van der Waals surface area (Å²) < 4.78 is 5.36. The van der Waals surface area contributed by atoms with Crippen molar-refractivity contribution < 1.29 is 9.53 Å². The largest absolute Gasteiger partial charge is 0.497 e. The highest BCUT2D eigenvalue weighted by Gasteiger charge is 2.47. The first-order chi connectivity index (χ1) is 15.2. The van der Waals surface area contributed by atoms with E-state index >= 15 is 0 Å². The third-order valence-corrected chi connectivity index (χ3v) is 6.57. The van der Waals surface area contributed by atoms with E-state index < -0.39 is 0 Å². The Morgan fingerprint density at radius 2 is 1.59 bits per heavy atom. The van der Waals surface area contributed by atoms with Gasteiger partial charge in [0.15, 0.2) is 0 Å². The van der Waals surface area contributed by atoms with Crippen LogP contribution in [-0.4, -0.2) is 18.6 Å². The third kappa shape index (κ3) is 3.95. The van der Waals surface area contributed by atoms with E-state index in [4.69, 9.17) is 4.74 Å². The maximum Gasteiger partial charge on any atom is 0.251 e. The van der Waals surface area contributed by atoms with Gasteiger partial charge in [0.2, 0.25) is 0 Å². The number of fused-ring (bicyclic) bond motifs is 1. The number of nitrogens with zero attached hydrogens (tertiary/aromatic N) is 1. The molecule has 3 heteroatoms. The molecule has 32 heavy (non-hydrogen) atoms. The molecule has 164 valence electrons. The molecule has 0 N–H and O–H groups in total. The lowest BCUT2D eigenvalue weighted by molar-refractivity contribution is -0.115. The van der Waals surface area contributed by atoms with Crippen molar-refractivity contribution in [1.29, 1.82) is 0 Å². The molecular weight excluding hydrogens is 394 g/mol. The van der Waals surface area contributed by atoms with Gasteiger partial charge in [-0.1, -0.05) is 67.1 Å². The van der Waals surface area contributed by atoms with Crippen LogP contribution in [0.4, 0.5) is 5.69 Å². The molecule has 3 nitrogen and oxygen atoms in total. The van der Waals surface area contributed by atoms with Crippen molar-refractivity contribution in [2.75, 3.05) is 12.0 Å². The second kappa shape index (κ2) is 8.31. The Bertz CT molecular complexity index is 1140. The average Bonchev–Trinajstić information content (AvgIpc) is 2.78. The molecule has 0 spiro atoms. The van der Waals surface area contributed by atoms with Gasteiger partial charge in [-0.15, -0.1) is 0 Å². The van der Waals surface area contributed by atoms with Crippen molar-refractivity contribution in [3.8, 4) is 5.75 Å². The van der Waals surface area contributed by atoms with Gasteiger partial charge >= 0.3 is 0 Å². The fraction of sp³-hybridized carbons (Fsp3) is 0.276. The van der Waals surface area contributed by atoms with Gasteiger partial charge in [0.25, 0.3) is 5.91 Å². The Morgan fingerprint density at radius 3 is 2.25 bits per heavy atom. The molecule has 0 bridgehead atoms. The van der Waals surface area contributed by atoms with Crippen LogP contribution in [0.25, 0.3) is 6.08 Å². The number of carbonyl (C=O) groups is 1. The van der Waals surface area contributed by atoms with Crippen LogP contribution < -0.4 is 9.64 Å². The molecule has 0 aliphatic carbocycles. The molecule has 4 rings (SSSR count). The molecule has 3 aromatic rings. The second-order valence-electron chi connectivity index (χ2n) is 9.48. The number of carbonyl (C=O) groups excluding carboxylic acids is 1. The van der Waals surface area contributed by atoms with E-state index in [1.165, 1.54) is 16.7 Å². The molecule has 0 radical (unpaired) electrons. The fourth-order valence-electron chi connectivity index (χ4n) is 5.05. The van der Waals surface area contributed by atoms with Crippen molar-refractivity contribution in [3.63, 3.8) is 0 Å². The van der Waals surface area contributed by atoms with Crippen LogP contribution in [0.2, 0.25) is 0 Å². The fourth-order valence-corrected chi connectivity index (χ4v) is 5.05. The minimum Gasteiger partial charge on any atom is -0.497 e. The molecule has 1 amide bonds. The topological polar surface area (TPSA) is 29.5 Å². The first-order valence-electron chi connectivity index (χ1n) is 11.1. The maximum atomic E-state index is 13.5. The van der Waals surface area contributed by atoms with Crippen LogP contribution in [0.1, 0.15) is 49.4 Å². The van der Waals surface area contributed by atoms with Gasteiger partial charge in [0.1, 0.15) is 5.75 Å². The third-order valence-electron chi connectivity index (χ3n) is 6.57. The van der Waals surface area contributed by atoms with E-state index in [0.29, 0.717) is 0 Å². The molecule has 1 aliphatic rings. The number of para-hydroxylation sites is 1. The quantitative estimate of drug-likeness (QED) is 0.444. The molecule has 0 saturated heterocycles. The zero-order chi connectivity index (χ0) is 22.9. The zero-order valence-corrected chi connectivity index (χ0v) is 19.6. The van der Waals surface area contributed by atoms with Crippen LogP contribution >= 0.6 is 0 Å². The van der Waals surface area contributed by atoms with E-state index in [1.54, 1.807) is 13.2 Å². The number of benzene rings is 3. The molecule has 1 atom stereocenters. The Morgan fingerprint density at radius 1 is 0.938 bits per heavy atom. The van der Waals surface area contributed by atoms with E-state index in [2.05, 4.69) is 70.2 Å². The highest BCUT2D eigenvalue weighted by Crippen LogP contribution is 2.50. The SMILES string of the molecule is COc1ccc(C2(C)CC(C)(C)N(C(=O)C=Cc3ccc(C)cc3)c3ccccc32)cc1. The second-order valence-corrected chi connectivity index (χ2v) is 9.48. The smallest absolute Gasteiger partial charge is 0.251 e. The van der Waals surface area contributed by atoms with E-state index in [9.17, 15) is 4.79 Å². The number of hydrogen-bond donors (Lipinski definition) is 0. The van der Waals surface area contributed by atoms with Crippen LogP contribution in [0.5, 0.6) is 5.75 Å². The molecule has 0 fully saturated rings. The summed E-state index contributed by atoms with van der Waals surface area (Å²) in [5, 5.41) is 0. The van der Waals surface area contributed by atoms with Gasteiger partial charge in [-0.05, 0) is 68.2 Å². The first kappa shape index (κ1) is 21.9. The number of hydrogen-bond acceptors (Lipinski definition) is 2. The van der Waals surface area contributed by atoms with E-state index in [0.717, 1.165) is 23.4 Å². The summed E-state index contributed by atoms with van der Waals surface area (Å²) in [7, 11) is 1.68. The highest BCUT2D eigenvalue weighted by molar-refractivity contribution is 6.06. The normalized spacial score (nSPS) is 19.6. The summed E-state index contributed by atoms with van der Waals surface area (Å²) in [4.78, 5) is 15.4. The Kier molecular flexibility index (Phi) is 5.68. The number of anilines is 1. The summed E-state index contributed by atoms with van der Waals surface area (Å²) in [6.45, 7) is 8.65. The predicted octanol–water partition coefficient (Wildman–Crippen LogP) is 6.54. The predicted molar refractivity (Wildman–Crippen MR) is 132 cm³/mol. The highest BCUT2D eigenvalue weighted by atomic mass is 16.5. The van der Waals surface area contributed by atoms with Gasteiger partial charge in [0.05, 0.1) is 7.11 Å². The molecule has 1 heterocycles. The van der Waals surface area contributed by atoms with E-state index in [-0.39, 0.29) is 16.9 Å². The lowest BCUT2D eigenvalue weighted by Gasteiger charge is -2.51. The van der Waals surface area contributed by atoms with Crippen molar-refractivity contribution in [2.24, 2.45) is 0 Å². The number of ether oxygens (including phenoxy) is 1. The van der Waals surface area contributed by atoms with Crippen LogP contribution in [0.15, 0.2) is 78.9 Å². The lowest BCUT2D eigenvalue weighted by Crippen LogP contribution is -2.55. The zero-order valence-electron chi connectivity index (χ0n) is 19.6. The standard InChI is InChI=1S/C29H31NO2/c1-21-10-12-22(13-11-21)14-19-27(31)30-26-9-7-6-8-25(26)29(4,20-28(30,2)3)23-15-17-24(32-5)18-16-23/h6-19H,20H2,1-5H3. The van der Waals surface area contributed by atoms with E-state index in [1.807, 2.05) is 41.3 Å². The lowest BCUT2D eigenvalue weighted by atomic mass is 9.65. The minimum atomic E-state index is -0.363. The van der Waals surface area contributed by atoms with Gasteiger partial charge < -0.3 is 9.64 Å². The van der Waals surface area contributed by atoms with Gasteiger partial charge in [-0.25, -0.2) is 0 Å². The molecule has 3 aromatic carbocycles. The summed E-state index contributed by atoms with van der Waals surface area (Å²) in [5.41, 5.74) is 5.01. The number of aryl methyl sites for hydroxylation is 1. The Labute approximate surface area is 191 Å². The van der Waals surface area contributed by atoms with Crippen molar-refractivity contribution in [2.45, 2.75) is 45.1 Å². The molecular formula is C29H31NO2. The summed E-state index contributed by atoms with van der Waals surface area (Å²) in [6, 6.07) is 24.8. The number of amides is 1. The van der Waals surface area contributed by atoms with Gasteiger partial charge in [-0.2, -0.15) is 0 Å². The molecule has 1 unspecified atom stereocenters. The summed E-state index contributed by atoms with van der Waals surface area (Å²) >= 11 is 0. The molecule has 0 aromatic heterocycles. The first-order valence-corrected chi connectivity index (χ1v) is 11.1. The number of rotatable bonds is 4. The van der Waals surface area contributed by atoms with Crippen LogP contribution in [0, 0.1) is 6.92 Å². The van der Waals surface area contributed by atoms with Crippen molar-refractivity contribution >= 4 is 17.7 Å². The summed E-state index contributed by atoms with van der Waals surface area (Å²) in [5.74, 6) is 0.846. The maximum absolute atomic E-state index is 13.5. The van der Waals surface area contributed by atoms with Crippen molar-refractivity contribution in [3.05, 3.63) is 101 Å². The van der Waals surface area contributed by atoms with Crippen molar-refractivity contribution in [1.82, 2.24) is 0 Å². The Hall–Kier alpha value is -3.33. The van der Waals surface area contributed by atoms with Gasteiger partial charge in [0, 0.05) is 22.7 Å². The van der Waals surface area contributed by atoms with Crippen LogP contribution in [-0.2, 0) is 10.2 Å². The Balaban J connectivity index is 1.74. The summed E-state index contributed by atoms with van der Waals surface area (Å²) in [6.07, 6.45) is 4.41. The minimum absolute atomic E-state index is 0.000180. The molecule has 1 aliphatic heterocycles. The monoisotopic (exact) mass is 425 g/mol. The van der Waals surface area contributed by atoms with Crippen LogP contribution in [0.3, 0.4) is 0 Å². The van der Waals surface area contributed by atoms with Gasteiger partial charge in [-0.3, -0.25) is 4.79 Å².